The standard InChI is InChI=1S/C25H33ClN2O2S/c1-5-23(25(30)27-16-18(2)3)28(17-20-8-10-21(26)11-9-20)24(29)14-15-31-22-12-6-19(4)7-13-22/h6-13,18,23H,5,14-17H2,1-4H3,(H,27,30)/t23-/m1/s1. The van der Waals surface area contributed by atoms with Crippen molar-refractivity contribution in [1.29, 1.82) is 0 Å². The molecule has 0 heterocycles. The van der Waals surface area contributed by atoms with E-state index in [0.717, 1.165) is 10.5 Å². The Morgan fingerprint density at radius 1 is 1.06 bits per heavy atom. The fourth-order valence-electron chi connectivity index (χ4n) is 3.16. The molecule has 6 heteroatoms. The molecule has 0 radical (unpaired) electrons. The van der Waals surface area contributed by atoms with E-state index in [1.54, 1.807) is 16.7 Å². The molecule has 1 atom stereocenters. The van der Waals surface area contributed by atoms with Gasteiger partial charge in [0.2, 0.25) is 11.8 Å². The third-order valence-corrected chi connectivity index (χ3v) is 6.21. The monoisotopic (exact) mass is 460 g/mol. The first-order valence-corrected chi connectivity index (χ1v) is 12.2. The van der Waals surface area contributed by atoms with Gasteiger partial charge in [-0.2, -0.15) is 0 Å². The summed E-state index contributed by atoms with van der Waals surface area (Å²) in [5, 5.41) is 3.64. The highest BCUT2D eigenvalue weighted by molar-refractivity contribution is 7.99. The number of halogens is 1. The third-order valence-electron chi connectivity index (χ3n) is 4.94. The molecule has 0 saturated heterocycles. The van der Waals surface area contributed by atoms with Crippen LogP contribution in [0.15, 0.2) is 53.4 Å². The molecular formula is C25H33ClN2O2S. The quantitative estimate of drug-likeness (QED) is 0.437. The maximum atomic E-state index is 13.2. The largest absolute Gasteiger partial charge is 0.354 e. The molecule has 2 amide bonds. The zero-order valence-corrected chi connectivity index (χ0v) is 20.4. The highest BCUT2D eigenvalue weighted by atomic mass is 35.5. The molecule has 0 spiro atoms. The van der Waals surface area contributed by atoms with Gasteiger partial charge in [-0.05, 0) is 49.1 Å². The Morgan fingerprint density at radius 3 is 2.29 bits per heavy atom. The lowest BCUT2D eigenvalue weighted by Crippen LogP contribution is -2.49. The van der Waals surface area contributed by atoms with Crippen molar-refractivity contribution >= 4 is 35.2 Å². The molecule has 0 saturated carbocycles. The Labute approximate surface area is 195 Å². The molecule has 0 aliphatic heterocycles. The van der Waals surface area contributed by atoms with Gasteiger partial charge >= 0.3 is 0 Å². The van der Waals surface area contributed by atoms with Gasteiger partial charge in [0, 0.05) is 35.2 Å². The van der Waals surface area contributed by atoms with Gasteiger partial charge in [-0.25, -0.2) is 0 Å². The lowest BCUT2D eigenvalue weighted by molar-refractivity contribution is -0.141. The van der Waals surface area contributed by atoms with Gasteiger partial charge < -0.3 is 10.2 Å². The van der Waals surface area contributed by atoms with Crippen LogP contribution in [-0.4, -0.2) is 35.1 Å². The summed E-state index contributed by atoms with van der Waals surface area (Å²) in [5.41, 5.74) is 2.17. The van der Waals surface area contributed by atoms with E-state index >= 15 is 0 Å². The zero-order valence-electron chi connectivity index (χ0n) is 18.9. The second kappa shape index (κ2) is 12.8. The maximum absolute atomic E-state index is 13.2. The number of nitrogens with one attached hydrogen (secondary N) is 1. The topological polar surface area (TPSA) is 49.4 Å². The first-order valence-electron chi connectivity index (χ1n) is 10.8. The summed E-state index contributed by atoms with van der Waals surface area (Å²) in [6.07, 6.45) is 0.939. The zero-order chi connectivity index (χ0) is 22.8. The first kappa shape index (κ1) is 25.3. The molecular weight excluding hydrogens is 428 g/mol. The van der Waals surface area contributed by atoms with Crippen LogP contribution in [0, 0.1) is 12.8 Å². The number of carbonyl (C=O) groups excluding carboxylic acids is 2. The third kappa shape index (κ3) is 8.58. The Morgan fingerprint density at radius 2 is 1.71 bits per heavy atom. The molecule has 0 bridgehead atoms. The van der Waals surface area contributed by atoms with Gasteiger partial charge in [0.25, 0.3) is 0 Å². The minimum Gasteiger partial charge on any atom is -0.354 e. The van der Waals surface area contributed by atoms with E-state index < -0.39 is 6.04 Å². The van der Waals surface area contributed by atoms with Crippen LogP contribution in [0.1, 0.15) is 44.7 Å². The van der Waals surface area contributed by atoms with Gasteiger partial charge in [-0.1, -0.05) is 62.2 Å². The summed E-state index contributed by atoms with van der Waals surface area (Å²) in [6, 6.07) is 15.2. The Bertz CT molecular complexity index is 838. The smallest absolute Gasteiger partial charge is 0.242 e. The van der Waals surface area contributed by atoms with Crippen molar-refractivity contribution in [1.82, 2.24) is 10.2 Å². The van der Waals surface area contributed by atoms with Crippen LogP contribution in [-0.2, 0) is 16.1 Å². The molecule has 0 unspecified atom stereocenters. The van der Waals surface area contributed by atoms with E-state index in [2.05, 4.69) is 50.4 Å². The fourth-order valence-corrected chi connectivity index (χ4v) is 4.13. The van der Waals surface area contributed by atoms with Crippen LogP contribution < -0.4 is 5.32 Å². The van der Waals surface area contributed by atoms with Gasteiger partial charge in [-0.15, -0.1) is 11.8 Å². The molecule has 2 aromatic carbocycles. The minimum absolute atomic E-state index is 0.0129. The first-order chi connectivity index (χ1) is 14.8. The van der Waals surface area contributed by atoms with Crippen LogP contribution in [0.5, 0.6) is 0 Å². The molecule has 1 N–H and O–H groups in total. The molecule has 0 aliphatic carbocycles. The molecule has 2 rings (SSSR count). The number of amides is 2. The van der Waals surface area contributed by atoms with Gasteiger partial charge in [-0.3, -0.25) is 9.59 Å². The van der Waals surface area contributed by atoms with Gasteiger partial charge in [0.15, 0.2) is 0 Å². The summed E-state index contributed by atoms with van der Waals surface area (Å²) in [7, 11) is 0. The number of hydrogen-bond acceptors (Lipinski definition) is 3. The summed E-state index contributed by atoms with van der Waals surface area (Å²) in [6.45, 7) is 9.10. The molecule has 4 nitrogen and oxygen atoms in total. The maximum Gasteiger partial charge on any atom is 0.242 e. The average molecular weight is 461 g/mol. The van der Waals surface area contributed by atoms with Gasteiger partial charge in [0.1, 0.15) is 6.04 Å². The average Bonchev–Trinajstić information content (AvgIpc) is 2.74. The van der Waals surface area contributed by atoms with Crippen LogP contribution in [0.4, 0.5) is 0 Å². The predicted octanol–water partition coefficient (Wildman–Crippen LogP) is 5.71. The lowest BCUT2D eigenvalue weighted by atomic mass is 10.1. The normalized spacial score (nSPS) is 11.9. The van der Waals surface area contributed by atoms with Crippen molar-refractivity contribution in [3.63, 3.8) is 0 Å². The number of carbonyl (C=O) groups is 2. The van der Waals surface area contributed by atoms with E-state index in [1.165, 1.54) is 5.56 Å². The highest BCUT2D eigenvalue weighted by Crippen LogP contribution is 2.21. The van der Waals surface area contributed by atoms with E-state index in [-0.39, 0.29) is 11.8 Å². The van der Waals surface area contributed by atoms with Crippen LogP contribution >= 0.6 is 23.4 Å². The summed E-state index contributed by atoms with van der Waals surface area (Å²) in [4.78, 5) is 28.9. The number of hydrogen-bond donors (Lipinski definition) is 1. The summed E-state index contributed by atoms with van der Waals surface area (Å²) >= 11 is 7.67. The number of aryl methyl sites for hydroxylation is 1. The SMILES string of the molecule is CC[C@H](C(=O)NCC(C)C)N(Cc1ccc(Cl)cc1)C(=O)CCSc1ccc(C)cc1. The van der Waals surface area contributed by atoms with Crippen molar-refractivity contribution in [3.8, 4) is 0 Å². The van der Waals surface area contributed by atoms with E-state index in [1.807, 2.05) is 31.2 Å². The molecule has 168 valence electrons. The number of benzene rings is 2. The van der Waals surface area contributed by atoms with Crippen molar-refractivity contribution in [2.75, 3.05) is 12.3 Å². The van der Waals surface area contributed by atoms with Crippen molar-refractivity contribution in [2.45, 2.75) is 58.0 Å². The fraction of sp³-hybridized carbons (Fsp3) is 0.440. The molecule has 0 aromatic heterocycles. The van der Waals surface area contributed by atoms with Crippen molar-refractivity contribution in [2.24, 2.45) is 5.92 Å². The number of rotatable bonds is 11. The predicted molar refractivity (Wildman–Crippen MR) is 130 cm³/mol. The van der Waals surface area contributed by atoms with Crippen LogP contribution in [0.25, 0.3) is 0 Å². The summed E-state index contributed by atoms with van der Waals surface area (Å²) < 4.78 is 0. The second-order valence-electron chi connectivity index (χ2n) is 8.12. The van der Waals surface area contributed by atoms with E-state index in [0.29, 0.717) is 42.6 Å². The Balaban J connectivity index is 2.10. The second-order valence-corrected chi connectivity index (χ2v) is 9.73. The van der Waals surface area contributed by atoms with Crippen molar-refractivity contribution < 1.29 is 9.59 Å². The Hall–Kier alpha value is -1.98. The van der Waals surface area contributed by atoms with Crippen LogP contribution in [0.3, 0.4) is 0 Å². The highest BCUT2D eigenvalue weighted by Gasteiger charge is 2.28. The Kier molecular flexibility index (Phi) is 10.4. The molecule has 0 aliphatic rings. The minimum atomic E-state index is -0.494. The summed E-state index contributed by atoms with van der Waals surface area (Å²) in [5.74, 6) is 0.918. The lowest BCUT2D eigenvalue weighted by Gasteiger charge is -2.31. The molecule has 2 aromatic rings. The van der Waals surface area contributed by atoms with Crippen LogP contribution in [0.2, 0.25) is 5.02 Å². The molecule has 31 heavy (non-hydrogen) atoms. The number of thioether (sulfide) groups is 1. The van der Waals surface area contributed by atoms with Crippen molar-refractivity contribution in [3.05, 3.63) is 64.7 Å². The van der Waals surface area contributed by atoms with E-state index in [9.17, 15) is 9.59 Å². The number of nitrogens with zero attached hydrogens (tertiary/aromatic N) is 1. The molecule has 0 fully saturated rings. The van der Waals surface area contributed by atoms with Gasteiger partial charge in [0.05, 0.1) is 0 Å². The van der Waals surface area contributed by atoms with E-state index in [4.69, 9.17) is 11.6 Å².